The third-order valence-corrected chi connectivity index (χ3v) is 6.90. The first-order valence-corrected chi connectivity index (χ1v) is 10.3. The van der Waals surface area contributed by atoms with Gasteiger partial charge in [-0.2, -0.15) is 0 Å². The molecule has 4 aliphatic carbocycles. The molecule has 2 atom stereocenters. The molecule has 2 N–H and O–H groups in total. The highest BCUT2D eigenvalue weighted by molar-refractivity contribution is 9.10. The molecule has 4 fully saturated rings. The predicted octanol–water partition coefficient (Wildman–Crippen LogP) is 1.39. The average Bonchev–Trinajstić information content (AvgIpc) is 2.30. The molecule has 4 aliphatic rings. The molecule has 0 spiro atoms. The Balaban J connectivity index is 1.60. The van der Waals surface area contributed by atoms with E-state index in [2.05, 4.69) is 26.0 Å². The highest BCUT2D eigenvalue weighted by Crippen LogP contribution is 2.64. The van der Waals surface area contributed by atoms with Crippen molar-refractivity contribution in [2.75, 3.05) is 19.3 Å². The Kier molecular flexibility index (Phi) is 3.90. The van der Waals surface area contributed by atoms with Crippen molar-refractivity contribution >= 4 is 31.9 Å². The van der Waals surface area contributed by atoms with Gasteiger partial charge in [-0.1, -0.05) is 15.9 Å². The first-order valence-electron chi connectivity index (χ1n) is 7.62. The number of amides is 1. The number of hydrogen-bond donors (Lipinski definition) is 2. The van der Waals surface area contributed by atoms with E-state index in [-0.39, 0.29) is 22.2 Å². The van der Waals surface area contributed by atoms with E-state index in [1.165, 1.54) is 19.3 Å². The fraction of sp³-hybridized carbons (Fsp3) is 0.929. The number of carbonyl (C=O) groups excluding carboxylic acids is 1. The summed E-state index contributed by atoms with van der Waals surface area (Å²) in [6, 6.07) is 0. The minimum Gasteiger partial charge on any atom is -0.354 e. The summed E-state index contributed by atoms with van der Waals surface area (Å²) < 4.78 is 24.6. The van der Waals surface area contributed by atoms with Crippen LogP contribution in [0.4, 0.5) is 0 Å². The summed E-state index contributed by atoms with van der Waals surface area (Å²) in [5, 5.41) is 2.94. The van der Waals surface area contributed by atoms with Crippen molar-refractivity contribution in [2.45, 2.75) is 42.8 Å². The van der Waals surface area contributed by atoms with E-state index in [4.69, 9.17) is 0 Å². The van der Waals surface area contributed by atoms with Gasteiger partial charge in [-0.05, 0) is 50.4 Å². The van der Waals surface area contributed by atoms with Gasteiger partial charge in [0.25, 0.3) is 0 Å². The van der Waals surface area contributed by atoms with Crippen molar-refractivity contribution in [3.05, 3.63) is 0 Å². The lowest BCUT2D eigenvalue weighted by Gasteiger charge is -2.59. The minimum atomic E-state index is -3.19. The van der Waals surface area contributed by atoms with Crippen LogP contribution in [0.15, 0.2) is 0 Å². The van der Waals surface area contributed by atoms with Crippen molar-refractivity contribution < 1.29 is 13.2 Å². The molecular formula is C14H23BrN2O3S. The molecule has 0 heterocycles. The Labute approximate surface area is 134 Å². The zero-order chi connectivity index (χ0) is 15.3. The molecule has 1 amide bonds. The van der Waals surface area contributed by atoms with Gasteiger partial charge >= 0.3 is 0 Å². The number of rotatable bonds is 5. The second-order valence-corrected chi connectivity index (χ2v) is 10.8. The van der Waals surface area contributed by atoms with Crippen LogP contribution in [-0.2, 0) is 14.8 Å². The lowest BCUT2D eigenvalue weighted by molar-refractivity contribution is -0.143. The normalized spacial score (nSPS) is 41.2. The van der Waals surface area contributed by atoms with Crippen molar-refractivity contribution in [1.82, 2.24) is 10.0 Å². The molecule has 120 valence electrons. The van der Waals surface area contributed by atoms with E-state index in [1.807, 2.05) is 0 Å². The van der Waals surface area contributed by atoms with Gasteiger partial charge < -0.3 is 5.32 Å². The minimum absolute atomic E-state index is 0.121. The van der Waals surface area contributed by atoms with Crippen LogP contribution in [0.5, 0.6) is 0 Å². The van der Waals surface area contributed by atoms with E-state index < -0.39 is 10.0 Å². The monoisotopic (exact) mass is 378 g/mol. The van der Waals surface area contributed by atoms with E-state index in [0.29, 0.717) is 18.4 Å². The molecule has 0 radical (unpaired) electrons. The highest BCUT2D eigenvalue weighted by atomic mass is 79.9. The summed E-state index contributed by atoms with van der Waals surface area (Å²) in [5.74, 6) is 1.46. The second kappa shape index (κ2) is 5.20. The summed E-state index contributed by atoms with van der Waals surface area (Å²) >= 11 is 3.90. The van der Waals surface area contributed by atoms with Crippen LogP contribution >= 0.6 is 15.9 Å². The number of sulfonamides is 1. The molecule has 0 aliphatic heterocycles. The predicted molar refractivity (Wildman–Crippen MR) is 84.6 cm³/mol. The highest BCUT2D eigenvalue weighted by Gasteiger charge is 2.59. The van der Waals surface area contributed by atoms with Gasteiger partial charge in [0.15, 0.2) is 0 Å². The van der Waals surface area contributed by atoms with E-state index in [0.717, 1.165) is 25.5 Å². The second-order valence-electron chi connectivity index (χ2n) is 7.31. The summed E-state index contributed by atoms with van der Waals surface area (Å²) in [6.45, 7) is 0.616. The van der Waals surface area contributed by atoms with Crippen molar-refractivity contribution in [3.8, 4) is 0 Å². The Morgan fingerprint density at radius 2 is 1.81 bits per heavy atom. The first kappa shape index (κ1) is 15.7. The van der Waals surface area contributed by atoms with Crippen molar-refractivity contribution in [1.29, 1.82) is 0 Å². The van der Waals surface area contributed by atoms with Gasteiger partial charge in [0, 0.05) is 17.4 Å². The Morgan fingerprint density at radius 3 is 2.33 bits per heavy atom. The van der Waals surface area contributed by atoms with Gasteiger partial charge in [0.05, 0.1) is 11.7 Å². The lowest BCUT2D eigenvalue weighted by Crippen LogP contribution is -2.58. The fourth-order valence-corrected chi connectivity index (χ4v) is 6.94. The summed E-state index contributed by atoms with van der Waals surface area (Å²) in [7, 11) is -3.19. The van der Waals surface area contributed by atoms with Crippen LogP contribution in [-0.4, -0.2) is 38.0 Å². The van der Waals surface area contributed by atoms with Crippen LogP contribution in [0.3, 0.4) is 0 Å². The zero-order valence-electron chi connectivity index (χ0n) is 12.3. The lowest BCUT2D eigenvalue weighted by atomic mass is 9.49. The average molecular weight is 379 g/mol. The maximum Gasteiger partial charge on any atom is 0.226 e. The van der Waals surface area contributed by atoms with Gasteiger partial charge in [-0.3, -0.25) is 4.79 Å². The third kappa shape index (κ3) is 3.29. The third-order valence-electron chi connectivity index (χ3n) is 5.25. The molecule has 0 aromatic rings. The largest absolute Gasteiger partial charge is 0.354 e. The molecule has 7 heteroatoms. The van der Waals surface area contributed by atoms with E-state index in [1.54, 1.807) is 0 Å². The molecule has 4 bridgehead atoms. The summed E-state index contributed by atoms with van der Waals surface area (Å²) in [4.78, 5) is 12.7. The summed E-state index contributed by atoms with van der Waals surface area (Å²) in [5.41, 5.74) is -0.224. The topological polar surface area (TPSA) is 75.3 Å². The number of nitrogens with one attached hydrogen (secondary N) is 2. The molecule has 2 unspecified atom stereocenters. The SMILES string of the molecule is CS(=O)(=O)NCCNC(=O)C12CC3CC(CC(Br)(C3)C1)C2. The number of carbonyl (C=O) groups is 1. The first-order chi connectivity index (χ1) is 9.70. The molecule has 0 saturated heterocycles. The van der Waals surface area contributed by atoms with E-state index >= 15 is 0 Å². The maximum atomic E-state index is 12.7. The molecule has 0 aromatic carbocycles. The number of alkyl halides is 1. The van der Waals surface area contributed by atoms with Gasteiger partial charge in [0.1, 0.15) is 0 Å². The molecule has 5 nitrogen and oxygen atoms in total. The zero-order valence-corrected chi connectivity index (χ0v) is 14.7. The van der Waals surface area contributed by atoms with E-state index in [9.17, 15) is 13.2 Å². The molecule has 0 aromatic heterocycles. The van der Waals surface area contributed by atoms with Gasteiger partial charge in [0.2, 0.25) is 15.9 Å². The van der Waals surface area contributed by atoms with Crippen molar-refractivity contribution in [2.24, 2.45) is 17.3 Å². The van der Waals surface area contributed by atoms with Crippen LogP contribution in [0, 0.1) is 17.3 Å². The smallest absolute Gasteiger partial charge is 0.226 e. The molecule has 4 rings (SSSR count). The quantitative estimate of drug-likeness (QED) is 0.560. The molecular weight excluding hydrogens is 356 g/mol. The van der Waals surface area contributed by atoms with Crippen LogP contribution in [0.2, 0.25) is 0 Å². The standard InChI is InChI=1S/C14H23BrN2O3S/c1-21(19,20)17-3-2-16-12(18)13-5-10-4-11(6-13)8-14(15,7-10)9-13/h10-11,17H,2-9H2,1H3,(H,16,18). The van der Waals surface area contributed by atoms with Crippen LogP contribution in [0.25, 0.3) is 0 Å². The summed E-state index contributed by atoms with van der Waals surface area (Å²) in [6.07, 6.45) is 7.74. The molecule has 21 heavy (non-hydrogen) atoms. The Bertz CT molecular complexity index is 534. The van der Waals surface area contributed by atoms with Crippen LogP contribution < -0.4 is 10.0 Å². The van der Waals surface area contributed by atoms with Crippen LogP contribution in [0.1, 0.15) is 38.5 Å². The molecule has 4 saturated carbocycles. The number of halogens is 1. The maximum absolute atomic E-state index is 12.7. The Morgan fingerprint density at radius 1 is 1.19 bits per heavy atom. The van der Waals surface area contributed by atoms with Gasteiger partial charge in [-0.25, -0.2) is 13.1 Å². The van der Waals surface area contributed by atoms with Gasteiger partial charge in [-0.15, -0.1) is 0 Å². The Hall–Kier alpha value is -0.140. The van der Waals surface area contributed by atoms with Crippen molar-refractivity contribution in [3.63, 3.8) is 0 Å². The number of hydrogen-bond acceptors (Lipinski definition) is 3. The fourth-order valence-electron chi connectivity index (χ4n) is 5.02.